The first-order valence-electron chi connectivity index (χ1n) is 8.70. The van der Waals surface area contributed by atoms with Gasteiger partial charge in [0.15, 0.2) is 11.6 Å². The van der Waals surface area contributed by atoms with Crippen molar-refractivity contribution in [2.24, 2.45) is 0 Å². The molecule has 28 heavy (non-hydrogen) atoms. The van der Waals surface area contributed by atoms with Crippen LogP contribution in [0.15, 0.2) is 67.3 Å². The maximum atomic E-state index is 14.5. The van der Waals surface area contributed by atoms with Crippen LogP contribution in [-0.2, 0) is 6.11 Å². The summed E-state index contributed by atoms with van der Waals surface area (Å²) in [5.74, 6) is -0.432. The second-order valence-electron chi connectivity index (χ2n) is 5.97. The molecule has 0 N–H and O–H groups in total. The zero-order chi connectivity index (χ0) is 20.1. The van der Waals surface area contributed by atoms with E-state index in [2.05, 4.69) is 6.58 Å². The monoisotopic (exact) mass is 388 g/mol. The molecule has 0 aliphatic heterocycles. The lowest BCUT2D eigenvalue weighted by molar-refractivity contribution is -0.186. The van der Waals surface area contributed by atoms with Gasteiger partial charge in [0.2, 0.25) is 0 Å². The van der Waals surface area contributed by atoms with E-state index in [1.54, 1.807) is 31.2 Å². The van der Waals surface area contributed by atoms with Crippen molar-refractivity contribution in [3.8, 4) is 17.2 Å². The lowest BCUT2D eigenvalue weighted by Crippen LogP contribution is -2.22. The first-order chi connectivity index (χ1) is 13.4. The molecule has 146 valence electrons. The fourth-order valence-corrected chi connectivity index (χ4v) is 2.66. The van der Waals surface area contributed by atoms with Gasteiger partial charge in [-0.3, -0.25) is 0 Å². The number of benzene rings is 3. The maximum Gasteiger partial charge on any atom is 0.426 e. The standard InChI is InChI=1S/C22H19F3O3/c1-3-11-27-19-8-5-15-14-21(20(23)13-16(15)12-19)28-22(24,25)17-6-9-18(10-7-17)26-4-2/h3,5-10,12-14H,1,4,11H2,2H3. The Bertz CT molecular complexity index is 969. The van der Waals surface area contributed by atoms with Gasteiger partial charge in [0.1, 0.15) is 18.1 Å². The van der Waals surface area contributed by atoms with Gasteiger partial charge < -0.3 is 14.2 Å². The number of rotatable bonds is 8. The predicted molar refractivity (Wildman–Crippen MR) is 102 cm³/mol. The van der Waals surface area contributed by atoms with E-state index >= 15 is 0 Å². The molecule has 0 aliphatic carbocycles. The average Bonchev–Trinajstić information content (AvgIpc) is 2.67. The molecule has 0 saturated heterocycles. The molecule has 0 bridgehead atoms. The highest BCUT2D eigenvalue weighted by Crippen LogP contribution is 2.36. The van der Waals surface area contributed by atoms with Crippen LogP contribution < -0.4 is 14.2 Å². The van der Waals surface area contributed by atoms with Gasteiger partial charge in [0, 0.05) is 0 Å². The van der Waals surface area contributed by atoms with Crippen molar-refractivity contribution in [2.45, 2.75) is 13.0 Å². The summed E-state index contributed by atoms with van der Waals surface area (Å²) in [5.41, 5.74) is -0.399. The van der Waals surface area contributed by atoms with Crippen LogP contribution >= 0.6 is 0 Å². The van der Waals surface area contributed by atoms with Gasteiger partial charge >= 0.3 is 6.11 Å². The topological polar surface area (TPSA) is 27.7 Å². The van der Waals surface area contributed by atoms with Crippen LogP contribution in [0.2, 0.25) is 0 Å². The SMILES string of the molecule is C=CCOc1ccc2cc(OC(F)(F)c3ccc(OCC)cc3)c(F)cc2c1. The molecular formula is C22H19F3O3. The van der Waals surface area contributed by atoms with Crippen LogP contribution in [0.1, 0.15) is 12.5 Å². The molecule has 3 aromatic carbocycles. The van der Waals surface area contributed by atoms with Crippen molar-refractivity contribution >= 4 is 10.8 Å². The number of fused-ring (bicyclic) bond motifs is 1. The van der Waals surface area contributed by atoms with E-state index in [0.717, 1.165) is 6.07 Å². The first-order valence-corrected chi connectivity index (χ1v) is 8.70. The Kier molecular flexibility index (Phi) is 5.78. The highest BCUT2D eigenvalue weighted by atomic mass is 19.3. The lowest BCUT2D eigenvalue weighted by Gasteiger charge is -2.19. The summed E-state index contributed by atoms with van der Waals surface area (Å²) in [4.78, 5) is 0. The molecule has 0 spiro atoms. The van der Waals surface area contributed by atoms with Crippen molar-refractivity contribution in [3.63, 3.8) is 0 Å². The Labute approximate surface area is 161 Å². The Hall–Kier alpha value is -3.15. The minimum absolute atomic E-state index is 0.309. The van der Waals surface area contributed by atoms with Gasteiger partial charge in [0.25, 0.3) is 0 Å². The molecule has 3 aromatic rings. The van der Waals surface area contributed by atoms with E-state index in [1.807, 2.05) is 0 Å². The van der Waals surface area contributed by atoms with E-state index < -0.39 is 23.2 Å². The van der Waals surface area contributed by atoms with Crippen LogP contribution in [-0.4, -0.2) is 13.2 Å². The van der Waals surface area contributed by atoms with Gasteiger partial charge in [-0.05, 0) is 66.2 Å². The molecule has 0 unspecified atom stereocenters. The Morgan fingerprint density at radius 3 is 2.32 bits per heavy atom. The minimum Gasteiger partial charge on any atom is -0.494 e. The van der Waals surface area contributed by atoms with Crippen molar-refractivity contribution in [1.82, 2.24) is 0 Å². The molecule has 0 heterocycles. The first kappa shape index (κ1) is 19.6. The van der Waals surface area contributed by atoms with Crippen molar-refractivity contribution in [2.75, 3.05) is 13.2 Å². The summed E-state index contributed by atoms with van der Waals surface area (Å²) in [6, 6.07) is 12.5. The van der Waals surface area contributed by atoms with Gasteiger partial charge in [0.05, 0.1) is 12.2 Å². The smallest absolute Gasteiger partial charge is 0.426 e. The third kappa shape index (κ3) is 4.39. The average molecular weight is 388 g/mol. The van der Waals surface area contributed by atoms with Gasteiger partial charge in [-0.25, -0.2) is 4.39 Å². The normalized spacial score (nSPS) is 11.3. The Morgan fingerprint density at radius 2 is 1.64 bits per heavy atom. The zero-order valence-electron chi connectivity index (χ0n) is 15.3. The van der Waals surface area contributed by atoms with E-state index in [4.69, 9.17) is 14.2 Å². The number of alkyl halides is 2. The molecule has 3 nitrogen and oxygen atoms in total. The Balaban J connectivity index is 1.85. The third-order valence-corrected chi connectivity index (χ3v) is 3.97. The number of halogens is 3. The summed E-state index contributed by atoms with van der Waals surface area (Å²) < 4.78 is 58.7. The fourth-order valence-electron chi connectivity index (χ4n) is 2.66. The Morgan fingerprint density at radius 1 is 0.929 bits per heavy atom. The number of ether oxygens (including phenoxy) is 3. The van der Waals surface area contributed by atoms with Gasteiger partial charge in [-0.1, -0.05) is 18.7 Å². The summed E-state index contributed by atoms with van der Waals surface area (Å²) in [5, 5.41) is 1.06. The lowest BCUT2D eigenvalue weighted by atomic mass is 10.1. The molecular weight excluding hydrogens is 369 g/mol. The van der Waals surface area contributed by atoms with E-state index in [0.29, 0.717) is 35.5 Å². The zero-order valence-corrected chi connectivity index (χ0v) is 15.3. The van der Waals surface area contributed by atoms with E-state index in [1.165, 1.54) is 30.3 Å². The molecule has 0 atom stereocenters. The van der Waals surface area contributed by atoms with Crippen LogP contribution in [0, 0.1) is 5.82 Å². The molecule has 3 rings (SSSR count). The summed E-state index contributed by atoms with van der Waals surface area (Å²) in [6.07, 6.45) is -2.11. The van der Waals surface area contributed by atoms with E-state index in [9.17, 15) is 13.2 Å². The molecule has 0 aromatic heterocycles. The second kappa shape index (κ2) is 8.25. The molecule has 0 amide bonds. The third-order valence-electron chi connectivity index (χ3n) is 3.97. The number of hydrogen-bond donors (Lipinski definition) is 0. The van der Waals surface area contributed by atoms with Crippen molar-refractivity contribution in [1.29, 1.82) is 0 Å². The van der Waals surface area contributed by atoms with Crippen molar-refractivity contribution < 1.29 is 27.4 Å². The highest BCUT2D eigenvalue weighted by molar-refractivity contribution is 5.85. The molecule has 0 fully saturated rings. The van der Waals surface area contributed by atoms with Crippen molar-refractivity contribution in [3.05, 3.63) is 78.6 Å². The molecule has 0 aliphatic rings. The maximum absolute atomic E-state index is 14.5. The highest BCUT2D eigenvalue weighted by Gasteiger charge is 2.35. The minimum atomic E-state index is -3.70. The summed E-state index contributed by atoms with van der Waals surface area (Å²) in [6.45, 7) is 6.09. The largest absolute Gasteiger partial charge is 0.494 e. The molecule has 0 radical (unpaired) electrons. The second-order valence-corrected chi connectivity index (χ2v) is 5.97. The molecule has 0 saturated carbocycles. The predicted octanol–water partition coefficient (Wildman–Crippen LogP) is 6.07. The fraction of sp³-hybridized carbons (Fsp3) is 0.182. The van der Waals surface area contributed by atoms with Gasteiger partial charge in [-0.2, -0.15) is 8.78 Å². The van der Waals surface area contributed by atoms with E-state index in [-0.39, 0.29) is 0 Å². The van der Waals surface area contributed by atoms with Gasteiger partial charge in [-0.15, -0.1) is 0 Å². The van der Waals surface area contributed by atoms with Crippen LogP contribution in [0.3, 0.4) is 0 Å². The van der Waals surface area contributed by atoms with Crippen LogP contribution in [0.25, 0.3) is 10.8 Å². The van der Waals surface area contributed by atoms with Crippen LogP contribution in [0.5, 0.6) is 17.2 Å². The summed E-state index contributed by atoms with van der Waals surface area (Å²) >= 11 is 0. The quantitative estimate of drug-likeness (QED) is 0.438. The molecule has 6 heteroatoms. The van der Waals surface area contributed by atoms with Crippen LogP contribution in [0.4, 0.5) is 13.2 Å². The summed E-state index contributed by atoms with van der Waals surface area (Å²) in [7, 11) is 0. The number of hydrogen-bond acceptors (Lipinski definition) is 3.